The quantitative estimate of drug-likeness (QED) is 0.549. The molecule has 0 aromatic carbocycles. The average molecular weight is 198 g/mol. The first-order chi connectivity index (χ1) is 6.15. The first-order valence-corrected chi connectivity index (χ1v) is 4.47. The van der Waals surface area contributed by atoms with Crippen LogP contribution in [0.5, 0.6) is 0 Å². The van der Waals surface area contributed by atoms with Gasteiger partial charge in [-0.1, -0.05) is 18.2 Å². The lowest BCUT2D eigenvalue weighted by molar-refractivity contribution is 0.299. The lowest BCUT2D eigenvalue weighted by Gasteiger charge is -2.08. The van der Waals surface area contributed by atoms with E-state index in [9.17, 15) is 0 Å². The number of aryl methyl sites for hydroxylation is 1. The molecule has 0 aliphatic heterocycles. The van der Waals surface area contributed by atoms with Gasteiger partial charge in [0.1, 0.15) is 10.9 Å². The molecule has 1 heterocycles. The summed E-state index contributed by atoms with van der Waals surface area (Å²) in [7, 11) is 0. The number of hydrogen-bond donors (Lipinski definition) is 0. The van der Waals surface area contributed by atoms with E-state index in [2.05, 4.69) is 11.6 Å². The third kappa shape index (κ3) is 2.46. The van der Waals surface area contributed by atoms with E-state index in [4.69, 9.17) is 16.3 Å². The van der Waals surface area contributed by atoms with Gasteiger partial charge >= 0.3 is 0 Å². The highest BCUT2D eigenvalue weighted by molar-refractivity contribution is 6.29. The Kier molecular flexibility index (Phi) is 3.32. The van der Waals surface area contributed by atoms with E-state index in [-0.39, 0.29) is 0 Å². The van der Waals surface area contributed by atoms with Crippen LogP contribution in [0.15, 0.2) is 18.8 Å². The highest BCUT2D eigenvalue weighted by atomic mass is 35.5. The topological polar surface area (TPSA) is 22.1 Å². The summed E-state index contributed by atoms with van der Waals surface area (Å²) in [6.07, 6.45) is 1.68. The molecular formula is C10H12ClNO. The van der Waals surface area contributed by atoms with Gasteiger partial charge in [0.2, 0.25) is 0 Å². The summed E-state index contributed by atoms with van der Waals surface area (Å²) in [5.41, 5.74) is 1.93. The summed E-state index contributed by atoms with van der Waals surface area (Å²) in [6.45, 7) is 8.28. The largest absolute Gasteiger partial charge is 0.494 e. The van der Waals surface area contributed by atoms with Gasteiger partial charge in [0.15, 0.2) is 0 Å². The minimum absolute atomic E-state index is 0.491. The van der Waals surface area contributed by atoms with E-state index in [1.807, 2.05) is 13.8 Å². The highest BCUT2D eigenvalue weighted by Crippen LogP contribution is 2.19. The van der Waals surface area contributed by atoms with E-state index in [0.29, 0.717) is 17.5 Å². The van der Waals surface area contributed by atoms with Crippen molar-refractivity contribution in [2.24, 2.45) is 0 Å². The van der Waals surface area contributed by atoms with Crippen molar-refractivity contribution in [3.63, 3.8) is 0 Å². The number of hydrogen-bond acceptors (Lipinski definition) is 2. The molecule has 0 spiro atoms. The van der Waals surface area contributed by atoms with Gasteiger partial charge in [0.25, 0.3) is 0 Å². The molecule has 1 rings (SSSR count). The molecule has 0 aliphatic rings. The number of pyridine rings is 1. The van der Waals surface area contributed by atoms with E-state index in [1.165, 1.54) is 0 Å². The summed E-state index contributed by atoms with van der Waals surface area (Å²) >= 11 is 5.72. The summed E-state index contributed by atoms with van der Waals surface area (Å²) in [6, 6.07) is 1.79. The van der Waals surface area contributed by atoms with Crippen LogP contribution >= 0.6 is 11.6 Å². The van der Waals surface area contributed by atoms with Crippen LogP contribution in [0.2, 0.25) is 5.15 Å². The molecule has 70 valence electrons. The van der Waals surface area contributed by atoms with Crippen LogP contribution in [0.1, 0.15) is 18.1 Å². The van der Waals surface area contributed by atoms with E-state index < -0.39 is 0 Å². The van der Waals surface area contributed by atoms with Gasteiger partial charge in [-0.2, -0.15) is 0 Å². The Morgan fingerprint density at radius 3 is 2.92 bits per heavy atom. The van der Waals surface area contributed by atoms with Gasteiger partial charge < -0.3 is 4.74 Å². The van der Waals surface area contributed by atoms with E-state index in [1.54, 1.807) is 12.3 Å². The molecule has 0 unspecified atom stereocenters. The number of halogens is 1. The molecule has 1 aromatic rings. The molecule has 0 amide bonds. The second-order valence-electron chi connectivity index (χ2n) is 2.68. The molecule has 0 radical (unpaired) electrons. The van der Waals surface area contributed by atoms with Crippen molar-refractivity contribution in [3.8, 4) is 0 Å². The van der Waals surface area contributed by atoms with Crippen LogP contribution < -0.4 is 0 Å². The maximum atomic E-state index is 5.72. The monoisotopic (exact) mass is 197 g/mol. The fourth-order valence-electron chi connectivity index (χ4n) is 1.07. The van der Waals surface area contributed by atoms with Crippen LogP contribution in [0.3, 0.4) is 0 Å². The van der Waals surface area contributed by atoms with Gasteiger partial charge in [0, 0.05) is 11.8 Å². The standard InChI is InChI=1S/C10H12ClNO/c1-4-13-8(3)9-6-12-10(11)5-7(9)2/h5-6H,3-4H2,1-2H3. The Morgan fingerprint density at radius 2 is 2.38 bits per heavy atom. The number of ether oxygens (including phenoxy) is 1. The van der Waals surface area contributed by atoms with Crippen LogP contribution in [-0.2, 0) is 4.74 Å². The van der Waals surface area contributed by atoms with Crippen molar-refractivity contribution < 1.29 is 4.74 Å². The molecule has 1 aromatic heterocycles. The van der Waals surface area contributed by atoms with Crippen LogP contribution in [0, 0.1) is 6.92 Å². The van der Waals surface area contributed by atoms with Crippen LogP contribution in [0.4, 0.5) is 0 Å². The maximum Gasteiger partial charge on any atom is 0.129 e. The van der Waals surface area contributed by atoms with Gasteiger partial charge in [-0.05, 0) is 25.5 Å². The van der Waals surface area contributed by atoms with Gasteiger partial charge in [-0.25, -0.2) is 4.98 Å². The average Bonchev–Trinajstić information content (AvgIpc) is 2.04. The first-order valence-electron chi connectivity index (χ1n) is 4.09. The van der Waals surface area contributed by atoms with Crippen molar-refractivity contribution in [1.29, 1.82) is 0 Å². The number of rotatable bonds is 3. The first kappa shape index (κ1) is 10.1. The number of nitrogens with zero attached hydrogens (tertiary/aromatic N) is 1. The molecule has 0 atom stereocenters. The molecule has 13 heavy (non-hydrogen) atoms. The number of aromatic nitrogens is 1. The minimum atomic E-state index is 0.491. The predicted octanol–water partition coefficient (Wildman–Crippen LogP) is 3.05. The third-order valence-corrected chi connectivity index (χ3v) is 1.90. The van der Waals surface area contributed by atoms with Crippen molar-refractivity contribution in [2.45, 2.75) is 13.8 Å². The van der Waals surface area contributed by atoms with Crippen molar-refractivity contribution >= 4 is 17.4 Å². The van der Waals surface area contributed by atoms with Crippen molar-refractivity contribution in [2.75, 3.05) is 6.61 Å². The molecule has 0 bridgehead atoms. The molecule has 0 saturated heterocycles. The lowest BCUT2D eigenvalue weighted by atomic mass is 10.1. The zero-order valence-electron chi connectivity index (χ0n) is 7.80. The zero-order valence-corrected chi connectivity index (χ0v) is 8.56. The zero-order chi connectivity index (χ0) is 9.84. The Hall–Kier alpha value is -1.02. The normalized spacial score (nSPS) is 9.77. The SMILES string of the molecule is C=C(OCC)c1cnc(Cl)cc1C. The maximum absolute atomic E-state index is 5.72. The second kappa shape index (κ2) is 4.28. The van der Waals surface area contributed by atoms with Crippen LogP contribution in [-0.4, -0.2) is 11.6 Å². The summed E-state index contributed by atoms with van der Waals surface area (Å²) in [5, 5.41) is 0.491. The molecule has 0 aliphatic carbocycles. The van der Waals surface area contributed by atoms with E-state index in [0.717, 1.165) is 11.1 Å². The fraction of sp³-hybridized carbons (Fsp3) is 0.300. The molecule has 2 nitrogen and oxygen atoms in total. The highest BCUT2D eigenvalue weighted by Gasteiger charge is 2.04. The second-order valence-corrected chi connectivity index (χ2v) is 3.07. The van der Waals surface area contributed by atoms with Crippen LogP contribution in [0.25, 0.3) is 5.76 Å². The van der Waals surface area contributed by atoms with Gasteiger partial charge in [0.05, 0.1) is 6.61 Å². The van der Waals surface area contributed by atoms with Gasteiger partial charge in [-0.3, -0.25) is 0 Å². The minimum Gasteiger partial charge on any atom is -0.494 e. The van der Waals surface area contributed by atoms with E-state index >= 15 is 0 Å². The summed E-state index contributed by atoms with van der Waals surface area (Å²) in [4.78, 5) is 3.97. The lowest BCUT2D eigenvalue weighted by Crippen LogP contribution is -1.94. The molecule has 0 saturated carbocycles. The summed E-state index contributed by atoms with van der Waals surface area (Å²) < 4.78 is 5.27. The molecule has 0 fully saturated rings. The Balaban J connectivity index is 2.95. The Morgan fingerprint density at radius 1 is 1.69 bits per heavy atom. The third-order valence-electron chi connectivity index (χ3n) is 1.70. The Bertz CT molecular complexity index is 323. The predicted molar refractivity (Wildman–Crippen MR) is 54.6 cm³/mol. The smallest absolute Gasteiger partial charge is 0.129 e. The Labute approximate surface area is 83.2 Å². The molecular weight excluding hydrogens is 186 g/mol. The van der Waals surface area contributed by atoms with Crippen molar-refractivity contribution in [1.82, 2.24) is 4.98 Å². The fourth-order valence-corrected chi connectivity index (χ4v) is 1.28. The van der Waals surface area contributed by atoms with Gasteiger partial charge in [-0.15, -0.1) is 0 Å². The summed E-state index contributed by atoms with van der Waals surface area (Å²) in [5.74, 6) is 0.643. The molecule has 0 N–H and O–H groups in total. The van der Waals surface area contributed by atoms with Crippen molar-refractivity contribution in [3.05, 3.63) is 35.1 Å². The molecule has 3 heteroatoms.